The number of carbonyl (C=O) groups is 1. The van der Waals surface area contributed by atoms with E-state index in [-0.39, 0.29) is 28.4 Å². The van der Waals surface area contributed by atoms with Gasteiger partial charge < -0.3 is 30.5 Å². The minimum atomic E-state index is -5.06. The van der Waals surface area contributed by atoms with Crippen LogP contribution >= 0.6 is 11.6 Å². The molecule has 3 aromatic rings. The fraction of sp³-hybridized carbons (Fsp3) is 0.452. The zero-order chi connectivity index (χ0) is 34.4. The molecule has 2 fully saturated rings. The third-order valence-corrected chi connectivity index (χ3v) is 7.95. The van der Waals surface area contributed by atoms with E-state index in [0.717, 1.165) is 31.1 Å². The molecule has 5 rings (SSSR count). The van der Waals surface area contributed by atoms with Crippen molar-refractivity contribution in [3.8, 4) is 11.6 Å². The molecule has 256 valence electrons. The molecule has 47 heavy (non-hydrogen) atoms. The number of hydrogen-bond donors (Lipinski definition) is 3. The number of likely N-dealkylation sites (N-methyl/N-ethyl adjacent to an activating group) is 1. The predicted octanol–water partition coefficient (Wildman–Crippen LogP) is 5.49. The zero-order valence-corrected chi connectivity index (χ0v) is 26.8. The van der Waals surface area contributed by atoms with Crippen LogP contribution in [0.5, 0.6) is 11.6 Å². The molecular formula is C31H36ClF6N7O2. The zero-order valence-electron chi connectivity index (χ0n) is 26.0. The van der Waals surface area contributed by atoms with Gasteiger partial charge in [-0.05, 0) is 49.7 Å². The Balaban J connectivity index is 0.000000748. The van der Waals surface area contributed by atoms with Crippen molar-refractivity contribution in [2.24, 2.45) is 0 Å². The Bertz CT molecular complexity index is 1480. The summed E-state index contributed by atoms with van der Waals surface area (Å²) in [7, 11) is 1.31. The maximum Gasteiger partial charge on any atom is 0.416 e. The van der Waals surface area contributed by atoms with E-state index in [2.05, 4.69) is 25.9 Å². The van der Waals surface area contributed by atoms with Crippen LogP contribution in [0.1, 0.15) is 30.5 Å². The van der Waals surface area contributed by atoms with E-state index in [1.54, 1.807) is 24.3 Å². The number of carbonyl (C=O) groups excluding carboxylic acids is 1. The molecule has 0 atom stereocenters. The number of alkyl halides is 6. The van der Waals surface area contributed by atoms with Crippen molar-refractivity contribution in [3.05, 3.63) is 70.4 Å². The lowest BCUT2D eigenvalue weighted by molar-refractivity contribution is -0.143. The molecule has 9 nitrogen and oxygen atoms in total. The highest BCUT2D eigenvalue weighted by molar-refractivity contribution is 6.32. The van der Waals surface area contributed by atoms with Gasteiger partial charge in [0.1, 0.15) is 11.4 Å². The van der Waals surface area contributed by atoms with Crippen LogP contribution in [0.25, 0.3) is 0 Å². The summed E-state index contributed by atoms with van der Waals surface area (Å²) in [6.07, 6.45) is -8.81. The molecule has 0 unspecified atom stereocenters. The Morgan fingerprint density at radius 3 is 1.87 bits per heavy atom. The van der Waals surface area contributed by atoms with E-state index in [0.29, 0.717) is 44.3 Å². The van der Waals surface area contributed by atoms with Crippen LogP contribution in [0, 0.1) is 0 Å². The summed E-state index contributed by atoms with van der Waals surface area (Å²) in [4.78, 5) is 25.6. The fourth-order valence-electron chi connectivity index (χ4n) is 4.88. The fourth-order valence-corrected chi connectivity index (χ4v) is 5.05. The third-order valence-electron chi connectivity index (χ3n) is 7.63. The van der Waals surface area contributed by atoms with Crippen molar-refractivity contribution < 1.29 is 35.9 Å². The number of aromatic nitrogens is 2. The number of hydrogen-bond acceptors (Lipinski definition) is 8. The van der Waals surface area contributed by atoms with E-state index in [4.69, 9.17) is 16.3 Å². The molecule has 0 aliphatic carbocycles. The standard InChI is InChI=1S/C27H26ClF6N5O2.C4H10N2/c1-25(2,16-12-17(26(29,30)31)14-18(13-16)27(32,33)34)23(40)38(3)20-15-36-24(39-10-8-35-9-11-39)37-22(20)41-21-7-5-4-6-19(21)28;1-2-6-4-3-5-1/h4-7,12-15,35H,8-11H2,1-3H3;5-6H,1-4H2. The second-order valence-electron chi connectivity index (χ2n) is 11.4. The molecule has 2 saturated heterocycles. The summed E-state index contributed by atoms with van der Waals surface area (Å²) in [5, 5.41) is 9.90. The maximum atomic E-state index is 13.8. The number of ether oxygens (including phenoxy) is 1. The predicted molar refractivity (Wildman–Crippen MR) is 167 cm³/mol. The number of nitrogens with zero attached hydrogens (tertiary/aromatic N) is 4. The van der Waals surface area contributed by atoms with Crippen molar-refractivity contribution in [2.45, 2.75) is 31.6 Å². The molecule has 0 radical (unpaired) electrons. The lowest BCUT2D eigenvalue weighted by Gasteiger charge is -2.32. The molecule has 1 aromatic heterocycles. The number of anilines is 2. The number of para-hydroxylation sites is 1. The van der Waals surface area contributed by atoms with Gasteiger partial charge in [-0.2, -0.15) is 31.3 Å². The van der Waals surface area contributed by atoms with Crippen LogP contribution in [0.4, 0.5) is 38.0 Å². The molecule has 3 heterocycles. The molecule has 0 saturated carbocycles. The van der Waals surface area contributed by atoms with Crippen molar-refractivity contribution in [3.63, 3.8) is 0 Å². The summed E-state index contributed by atoms with van der Waals surface area (Å²) < 4.78 is 87.1. The van der Waals surface area contributed by atoms with Crippen molar-refractivity contribution in [2.75, 3.05) is 69.2 Å². The van der Waals surface area contributed by atoms with Gasteiger partial charge in [0.15, 0.2) is 0 Å². The molecule has 2 aromatic carbocycles. The number of nitrogens with one attached hydrogen (secondary N) is 3. The van der Waals surface area contributed by atoms with Gasteiger partial charge in [-0.25, -0.2) is 4.98 Å². The monoisotopic (exact) mass is 687 g/mol. The molecule has 3 N–H and O–H groups in total. The second kappa shape index (κ2) is 15.0. The van der Waals surface area contributed by atoms with E-state index in [1.807, 2.05) is 4.90 Å². The SMILES string of the molecule is C1CNCCN1.CN(C(=O)C(C)(C)c1cc(C(F)(F)F)cc(C(F)(F)F)c1)c1cnc(N2CCNCC2)nc1Oc1ccccc1Cl. The summed E-state index contributed by atoms with van der Waals surface area (Å²) in [5.74, 6) is -0.376. The van der Waals surface area contributed by atoms with Gasteiger partial charge in [0, 0.05) is 59.4 Å². The maximum absolute atomic E-state index is 13.8. The minimum Gasteiger partial charge on any atom is -0.435 e. The summed E-state index contributed by atoms with van der Waals surface area (Å²) in [5.41, 5.74) is -5.31. The van der Waals surface area contributed by atoms with Gasteiger partial charge in [-0.1, -0.05) is 23.7 Å². The highest BCUT2D eigenvalue weighted by Gasteiger charge is 2.41. The number of amides is 1. The van der Waals surface area contributed by atoms with Gasteiger partial charge in [0.2, 0.25) is 17.7 Å². The second-order valence-corrected chi connectivity index (χ2v) is 11.8. The van der Waals surface area contributed by atoms with E-state index in [9.17, 15) is 31.1 Å². The first-order valence-corrected chi connectivity index (χ1v) is 15.2. The summed E-state index contributed by atoms with van der Waals surface area (Å²) >= 11 is 6.26. The third kappa shape index (κ3) is 9.24. The smallest absolute Gasteiger partial charge is 0.416 e. The molecule has 16 heteroatoms. The minimum absolute atomic E-state index is 0.0198. The van der Waals surface area contributed by atoms with E-state index >= 15 is 0 Å². The van der Waals surface area contributed by atoms with Gasteiger partial charge in [0.25, 0.3) is 0 Å². The van der Waals surface area contributed by atoms with Gasteiger partial charge >= 0.3 is 12.4 Å². The quantitative estimate of drug-likeness (QED) is 0.293. The molecule has 0 spiro atoms. The van der Waals surface area contributed by atoms with Crippen LogP contribution in [0.2, 0.25) is 5.02 Å². The molecule has 2 aliphatic heterocycles. The normalized spacial score (nSPS) is 15.8. The van der Waals surface area contributed by atoms with Crippen molar-refractivity contribution >= 4 is 29.1 Å². The average molecular weight is 688 g/mol. The summed E-state index contributed by atoms with van der Waals surface area (Å²) in [6.45, 7) is 9.62. The topological polar surface area (TPSA) is 94.7 Å². The van der Waals surface area contributed by atoms with Crippen LogP contribution in [-0.2, 0) is 22.6 Å². The lowest BCUT2D eigenvalue weighted by Crippen LogP contribution is -2.44. The Morgan fingerprint density at radius 2 is 1.36 bits per heavy atom. The van der Waals surface area contributed by atoms with Gasteiger partial charge in [0.05, 0.1) is 27.8 Å². The number of rotatable bonds is 6. The molecular weight excluding hydrogens is 652 g/mol. The average Bonchev–Trinajstić information content (AvgIpc) is 3.05. The molecule has 1 amide bonds. The largest absolute Gasteiger partial charge is 0.435 e. The van der Waals surface area contributed by atoms with E-state index < -0.39 is 40.4 Å². The van der Waals surface area contributed by atoms with Gasteiger partial charge in [-0.3, -0.25) is 4.79 Å². The van der Waals surface area contributed by atoms with Crippen LogP contribution in [0.15, 0.2) is 48.7 Å². The van der Waals surface area contributed by atoms with Crippen molar-refractivity contribution in [1.29, 1.82) is 0 Å². The van der Waals surface area contributed by atoms with Crippen molar-refractivity contribution in [1.82, 2.24) is 25.9 Å². The first-order chi connectivity index (χ1) is 22.1. The number of benzene rings is 2. The van der Waals surface area contributed by atoms with Crippen LogP contribution < -0.4 is 30.5 Å². The first kappa shape index (κ1) is 36.2. The first-order valence-electron chi connectivity index (χ1n) is 14.8. The highest BCUT2D eigenvalue weighted by Crippen LogP contribution is 2.41. The Labute approximate surface area is 273 Å². The Morgan fingerprint density at radius 1 is 0.851 bits per heavy atom. The van der Waals surface area contributed by atoms with E-state index in [1.165, 1.54) is 27.1 Å². The Hall–Kier alpha value is -3.66. The Kier molecular flexibility index (Phi) is 11.6. The van der Waals surface area contributed by atoms with Crippen LogP contribution in [0.3, 0.4) is 0 Å². The molecule has 0 bridgehead atoms. The molecule has 2 aliphatic rings. The lowest BCUT2D eigenvalue weighted by atomic mass is 9.81. The number of halogens is 7. The number of piperazine rings is 2. The van der Waals surface area contributed by atoms with Crippen LogP contribution in [-0.4, -0.2) is 75.3 Å². The highest BCUT2D eigenvalue weighted by atomic mass is 35.5. The van der Waals surface area contributed by atoms with Gasteiger partial charge in [-0.15, -0.1) is 0 Å². The summed E-state index contributed by atoms with van der Waals surface area (Å²) in [6, 6.07) is 7.63.